The van der Waals surface area contributed by atoms with E-state index in [0.29, 0.717) is 30.8 Å². The zero-order chi connectivity index (χ0) is 28.6. The number of carbonyl (C=O) groups excluding carboxylic acids is 6. The van der Waals surface area contributed by atoms with Crippen LogP contribution in [0.2, 0.25) is 0 Å². The van der Waals surface area contributed by atoms with Crippen molar-refractivity contribution in [1.82, 2.24) is 0 Å². The third-order valence-corrected chi connectivity index (χ3v) is 3.75. The molecular weight excluding hydrogens is 492 g/mol. The van der Waals surface area contributed by atoms with Gasteiger partial charge in [-0.2, -0.15) is 0 Å². The molecule has 0 aliphatic rings. The van der Waals surface area contributed by atoms with Crippen molar-refractivity contribution in [3.63, 3.8) is 0 Å². The zero-order valence-electron chi connectivity index (χ0n) is 22.2. The smallest absolute Gasteiger partial charge is 0.417 e. The topological polar surface area (TPSA) is 158 Å². The molecule has 1 aromatic carbocycles. The summed E-state index contributed by atoms with van der Waals surface area (Å²) in [4.78, 5) is 64.4. The highest BCUT2D eigenvalue weighted by atomic mass is 16.6. The summed E-state index contributed by atoms with van der Waals surface area (Å²) in [6.07, 6.45) is 1.94. The van der Waals surface area contributed by atoms with Crippen molar-refractivity contribution in [3.8, 4) is 0 Å². The Morgan fingerprint density at radius 1 is 0.541 bits per heavy atom. The lowest BCUT2D eigenvalue weighted by atomic mass is 10.1. The highest BCUT2D eigenvalue weighted by molar-refractivity contribution is 6.29. The third-order valence-electron chi connectivity index (χ3n) is 3.75. The van der Waals surface area contributed by atoms with E-state index < -0.39 is 29.8 Å². The number of benzene rings is 1. The second kappa shape index (κ2) is 22.5. The molecule has 0 fully saturated rings. The van der Waals surface area contributed by atoms with Gasteiger partial charge in [0.05, 0.1) is 52.3 Å². The fraction of sp³-hybridized carbons (Fsp3) is 0.520. The number of methoxy groups -OCH3 is 3. The van der Waals surface area contributed by atoms with Gasteiger partial charge in [-0.15, -0.1) is 0 Å². The van der Waals surface area contributed by atoms with E-state index in [1.807, 2.05) is 20.8 Å². The minimum Gasteiger partial charge on any atom is -0.469 e. The quantitative estimate of drug-likeness (QED) is 0.189. The normalized spacial score (nSPS) is 9.14. The van der Waals surface area contributed by atoms with Gasteiger partial charge in [0.1, 0.15) is 6.42 Å². The maximum absolute atomic E-state index is 11.4. The first kappa shape index (κ1) is 35.2. The Morgan fingerprint density at radius 2 is 1.00 bits per heavy atom. The molecule has 0 aliphatic heterocycles. The van der Waals surface area contributed by atoms with Crippen LogP contribution in [-0.2, 0) is 47.6 Å². The lowest BCUT2D eigenvalue weighted by Crippen LogP contribution is -2.18. The Morgan fingerprint density at radius 3 is 1.43 bits per heavy atom. The van der Waals surface area contributed by atoms with E-state index in [9.17, 15) is 28.8 Å². The monoisotopic (exact) mass is 528 g/mol. The van der Waals surface area contributed by atoms with Gasteiger partial charge < -0.3 is 28.4 Å². The summed E-state index contributed by atoms with van der Waals surface area (Å²) in [6, 6.07) is 6.16. The maximum Gasteiger partial charge on any atom is 0.417 e. The van der Waals surface area contributed by atoms with Crippen molar-refractivity contribution in [2.24, 2.45) is 0 Å². The van der Waals surface area contributed by atoms with Crippen LogP contribution >= 0.6 is 0 Å². The molecule has 0 unspecified atom stereocenters. The van der Waals surface area contributed by atoms with Crippen LogP contribution in [0.4, 0.5) is 0 Å². The van der Waals surface area contributed by atoms with Crippen LogP contribution in [0.5, 0.6) is 0 Å². The Kier molecular flexibility index (Phi) is 21.4. The van der Waals surface area contributed by atoms with Gasteiger partial charge >= 0.3 is 35.8 Å². The lowest BCUT2D eigenvalue weighted by Gasteiger charge is -2.03. The van der Waals surface area contributed by atoms with E-state index in [1.165, 1.54) is 26.4 Å². The molecule has 1 rings (SSSR count). The number of hydrogen-bond donors (Lipinski definition) is 0. The Hall–Kier alpha value is -3.96. The first-order valence-corrected chi connectivity index (χ1v) is 11.4. The lowest BCUT2D eigenvalue weighted by molar-refractivity contribution is -0.165. The molecule has 12 nitrogen and oxygen atoms in total. The molecule has 1 aromatic rings. The van der Waals surface area contributed by atoms with Crippen LogP contribution in [0.1, 0.15) is 67.2 Å². The molecule has 0 atom stereocenters. The molecule has 0 saturated carbocycles. The molecule has 0 aliphatic carbocycles. The molecule has 0 amide bonds. The number of esters is 6. The average molecular weight is 529 g/mol. The molecule has 208 valence electrons. The largest absolute Gasteiger partial charge is 0.469 e. The third kappa shape index (κ3) is 18.0. The Balaban J connectivity index is 0. The standard InChI is InChI=1S/C12H14O4.C7H12O4.C6H10O4/c1-3-8-16-12(14)10-6-4-9(5-7-10)11(13)15-2;1-3-4-11-7(9)5-6(8)10-2;1-3-4-10-6(8)5(7)9-2/h4-7H,3,8H2,1-2H3;3-5H2,1-2H3;3-4H2,1-2H3. The van der Waals surface area contributed by atoms with Gasteiger partial charge in [0.15, 0.2) is 0 Å². The first-order chi connectivity index (χ1) is 17.6. The van der Waals surface area contributed by atoms with Crippen LogP contribution in [0.25, 0.3) is 0 Å². The second-order valence-corrected chi connectivity index (χ2v) is 6.81. The Bertz CT molecular complexity index is 846. The fourth-order valence-electron chi connectivity index (χ4n) is 1.93. The summed E-state index contributed by atoms with van der Waals surface area (Å²) in [5.74, 6) is -3.77. The highest BCUT2D eigenvalue weighted by Gasteiger charge is 2.14. The summed E-state index contributed by atoms with van der Waals surface area (Å²) >= 11 is 0. The van der Waals surface area contributed by atoms with Gasteiger partial charge in [-0.25, -0.2) is 19.2 Å². The van der Waals surface area contributed by atoms with E-state index >= 15 is 0 Å². The highest BCUT2D eigenvalue weighted by Crippen LogP contribution is 2.07. The van der Waals surface area contributed by atoms with E-state index in [2.05, 4.69) is 23.7 Å². The average Bonchev–Trinajstić information content (AvgIpc) is 2.93. The molecule has 0 saturated heterocycles. The molecule has 12 heteroatoms. The molecule has 0 aromatic heterocycles. The van der Waals surface area contributed by atoms with E-state index in [1.54, 1.807) is 12.1 Å². The number of rotatable bonds is 10. The zero-order valence-corrected chi connectivity index (χ0v) is 22.2. The van der Waals surface area contributed by atoms with Crippen LogP contribution in [0.3, 0.4) is 0 Å². The van der Waals surface area contributed by atoms with E-state index in [4.69, 9.17) is 4.74 Å². The van der Waals surface area contributed by atoms with Crippen LogP contribution in [0.15, 0.2) is 24.3 Å². The van der Waals surface area contributed by atoms with E-state index in [-0.39, 0.29) is 19.0 Å². The van der Waals surface area contributed by atoms with Gasteiger partial charge in [-0.3, -0.25) is 9.59 Å². The molecule has 37 heavy (non-hydrogen) atoms. The van der Waals surface area contributed by atoms with Crippen LogP contribution < -0.4 is 0 Å². The maximum atomic E-state index is 11.4. The predicted octanol–water partition coefficient (Wildman–Crippen LogP) is 2.66. The summed E-state index contributed by atoms with van der Waals surface area (Å²) in [5, 5.41) is 0. The van der Waals surface area contributed by atoms with Crippen molar-refractivity contribution in [1.29, 1.82) is 0 Å². The SMILES string of the molecule is CCCOC(=O)C(=O)OC.CCCOC(=O)CC(=O)OC.CCCOC(=O)c1ccc(C(=O)OC)cc1. The predicted molar refractivity (Wildman–Crippen MR) is 130 cm³/mol. The second-order valence-electron chi connectivity index (χ2n) is 6.81. The molecule has 0 bridgehead atoms. The van der Waals surface area contributed by atoms with Gasteiger partial charge in [0.2, 0.25) is 0 Å². The molecular formula is C25H36O12. The molecule has 0 spiro atoms. The number of ether oxygens (including phenoxy) is 6. The van der Waals surface area contributed by atoms with Crippen molar-refractivity contribution >= 4 is 35.8 Å². The summed E-state index contributed by atoms with van der Waals surface area (Å²) in [5.41, 5.74) is 0.843. The van der Waals surface area contributed by atoms with Gasteiger partial charge in [0.25, 0.3) is 0 Å². The van der Waals surface area contributed by atoms with Crippen LogP contribution in [0, 0.1) is 0 Å². The first-order valence-electron chi connectivity index (χ1n) is 11.4. The van der Waals surface area contributed by atoms with Gasteiger partial charge in [-0.05, 0) is 43.5 Å². The molecule has 0 heterocycles. The molecule has 0 radical (unpaired) electrons. The fourth-order valence-corrected chi connectivity index (χ4v) is 1.93. The van der Waals surface area contributed by atoms with E-state index in [0.717, 1.165) is 20.0 Å². The summed E-state index contributed by atoms with van der Waals surface area (Å²) < 4.78 is 26.9. The number of carbonyl (C=O) groups is 6. The van der Waals surface area contributed by atoms with Gasteiger partial charge in [-0.1, -0.05) is 20.8 Å². The Labute approximate surface area is 216 Å². The van der Waals surface area contributed by atoms with Crippen molar-refractivity contribution < 1.29 is 57.2 Å². The number of hydrogen-bond acceptors (Lipinski definition) is 12. The summed E-state index contributed by atoms with van der Waals surface area (Å²) in [7, 11) is 3.68. The van der Waals surface area contributed by atoms with Crippen molar-refractivity contribution in [2.45, 2.75) is 46.5 Å². The van der Waals surface area contributed by atoms with Crippen molar-refractivity contribution in [2.75, 3.05) is 41.2 Å². The van der Waals surface area contributed by atoms with Crippen LogP contribution in [-0.4, -0.2) is 77.0 Å². The summed E-state index contributed by atoms with van der Waals surface area (Å²) in [6.45, 7) is 6.66. The van der Waals surface area contributed by atoms with Crippen molar-refractivity contribution in [3.05, 3.63) is 35.4 Å². The minimum atomic E-state index is -0.951. The van der Waals surface area contributed by atoms with Gasteiger partial charge in [0, 0.05) is 0 Å². The minimum absolute atomic E-state index is 0.258. The molecule has 0 N–H and O–H groups in total.